The van der Waals surface area contributed by atoms with E-state index in [0.717, 1.165) is 24.2 Å². The Morgan fingerprint density at radius 2 is 1.26 bits per heavy atom. The molecule has 3 rings (SSSR count). The van der Waals surface area contributed by atoms with Crippen LogP contribution in [0.25, 0.3) is 0 Å². The van der Waals surface area contributed by atoms with E-state index in [1.54, 1.807) is 25.1 Å². The monoisotopic (exact) mass is 466 g/mol. The van der Waals surface area contributed by atoms with Crippen LogP contribution in [0.5, 0.6) is 0 Å². The van der Waals surface area contributed by atoms with Gasteiger partial charge in [0.2, 0.25) is 5.78 Å². The molecule has 5 unspecified atom stereocenters. The topological polar surface area (TPSA) is 46.7 Å². The first-order valence-corrected chi connectivity index (χ1v) is 13.7. The van der Waals surface area contributed by atoms with Crippen molar-refractivity contribution in [2.24, 2.45) is 23.7 Å². The molecule has 1 heterocycles. The Bertz CT molecular complexity index is 884. The lowest BCUT2D eigenvalue weighted by Gasteiger charge is -2.20. The Hall–Kier alpha value is -1.74. The Balaban J connectivity index is 1.39. The van der Waals surface area contributed by atoms with Gasteiger partial charge in [0.1, 0.15) is 0 Å². The van der Waals surface area contributed by atoms with Crippen molar-refractivity contribution in [1.82, 2.24) is 0 Å². The first-order valence-electron chi connectivity index (χ1n) is 13.7. The Morgan fingerprint density at radius 1 is 0.765 bits per heavy atom. The number of hydrogen-bond donors (Lipinski definition) is 0. The highest BCUT2D eigenvalue weighted by molar-refractivity contribution is 6.25. The van der Waals surface area contributed by atoms with Crippen molar-refractivity contribution < 1.29 is 14.3 Å². The van der Waals surface area contributed by atoms with Gasteiger partial charge in [-0.1, -0.05) is 116 Å². The third-order valence-corrected chi connectivity index (χ3v) is 8.11. The molecule has 2 aliphatic rings. The number of ketones is 2. The van der Waals surface area contributed by atoms with Crippen LogP contribution in [0.1, 0.15) is 120 Å². The summed E-state index contributed by atoms with van der Waals surface area (Å²) in [6.07, 6.45) is 15.6. The second kappa shape index (κ2) is 11.3. The average molecular weight is 467 g/mol. The highest BCUT2D eigenvalue weighted by Crippen LogP contribution is 2.56. The van der Waals surface area contributed by atoms with E-state index < -0.39 is 11.2 Å². The number of carbonyl (C=O) groups is 2. The molecule has 3 nitrogen and oxygen atoms in total. The first-order chi connectivity index (χ1) is 16.1. The standard InChI is InChI=1S/C31H46O3/c1-22(2)12-9-13-23(3)14-10-15-24(4)16-11-17-25(5)20-21-31-29(33)27-19-8-7-18-26(27)28(32)30(31,6)34-31/h7-8,18-25H,9-17H2,1-6H3/b21-20+. The van der Waals surface area contributed by atoms with Crippen LogP contribution < -0.4 is 0 Å². The average Bonchev–Trinajstić information content (AvgIpc) is 3.43. The van der Waals surface area contributed by atoms with Gasteiger partial charge in [-0.25, -0.2) is 0 Å². The van der Waals surface area contributed by atoms with Crippen LogP contribution >= 0.6 is 0 Å². The summed E-state index contributed by atoms with van der Waals surface area (Å²) < 4.78 is 5.87. The van der Waals surface area contributed by atoms with Crippen LogP contribution in [0, 0.1) is 23.7 Å². The SMILES string of the molecule is CC(C)CCCC(C)CCCC(C)CCCC(C)/C=C/C12OC1(C)C(=O)c1ccccc1C2=O. The second-order valence-electron chi connectivity index (χ2n) is 11.8. The Morgan fingerprint density at radius 3 is 1.82 bits per heavy atom. The van der Waals surface area contributed by atoms with Crippen molar-refractivity contribution in [3.8, 4) is 0 Å². The van der Waals surface area contributed by atoms with E-state index in [9.17, 15) is 9.59 Å². The normalized spacial score (nSPS) is 26.4. The summed E-state index contributed by atoms with van der Waals surface area (Å²) in [4.78, 5) is 26.1. The van der Waals surface area contributed by atoms with Gasteiger partial charge in [0.25, 0.3) is 0 Å². The molecular formula is C31H46O3. The van der Waals surface area contributed by atoms with Crippen molar-refractivity contribution in [2.75, 3.05) is 0 Å². The zero-order chi connectivity index (χ0) is 24.9. The van der Waals surface area contributed by atoms with Crippen molar-refractivity contribution >= 4 is 11.6 Å². The van der Waals surface area contributed by atoms with Crippen LogP contribution in [0.2, 0.25) is 0 Å². The second-order valence-corrected chi connectivity index (χ2v) is 11.8. The van der Waals surface area contributed by atoms with Gasteiger partial charge >= 0.3 is 0 Å². The molecule has 34 heavy (non-hydrogen) atoms. The largest absolute Gasteiger partial charge is 0.341 e. The minimum atomic E-state index is -1.11. The molecule has 0 radical (unpaired) electrons. The van der Waals surface area contributed by atoms with E-state index >= 15 is 0 Å². The summed E-state index contributed by atoms with van der Waals surface area (Å²) >= 11 is 0. The molecule has 3 heteroatoms. The molecule has 1 aromatic carbocycles. The number of fused-ring (bicyclic) bond motifs is 2. The minimum absolute atomic E-state index is 0.0805. The minimum Gasteiger partial charge on any atom is -0.341 e. The summed E-state index contributed by atoms with van der Waals surface area (Å²) in [6, 6.07) is 7.08. The van der Waals surface area contributed by atoms with Crippen LogP contribution in [0.3, 0.4) is 0 Å². The fraction of sp³-hybridized carbons (Fsp3) is 0.677. The van der Waals surface area contributed by atoms with E-state index in [2.05, 4.69) is 40.7 Å². The van der Waals surface area contributed by atoms with E-state index in [1.165, 1.54) is 51.4 Å². The van der Waals surface area contributed by atoms with Crippen LogP contribution in [-0.2, 0) is 4.74 Å². The summed E-state index contributed by atoms with van der Waals surface area (Å²) in [5.74, 6) is 2.64. The maximum absolute atomic E-state index is 13.2. The molecule has 0 N–H and O–H groups in total. The lowest BCUT2D eigenvalue weighted by Crippen LogP contribution is -2.42. The quantitative estimate of drug-likeness (QED) is 0.205. The number of hydrogen-bond acceptors (Lipinski definition) is 3. The molecule has 1 saturated heterocycles. The van der Waals surface area contributed by atoms with Crippen LogP contribution in [-0.4, -0.2) is 22.8 Å². The van der Waals surface area contributed by atoms with Crippen molar-refractivity contribution in [2.45, 2.75) is 111 Å². The number of Topliss-reactive ketones (excluding diaryl/α,β-unsaturated/α-hetero) is 2. The van der Waals surface area contributed by atoms with Gasteiger partial charge in [-0.3, -0.25) is 9.59 Å². The lowest BCUT2D eigenvalue weighted by atomic mass is 9.74. The molecule has 188 valence electrons. The summed E-state index contributed by atoms with van der Waals surface area (Å²) in [6.45, 7) is 13.4. The third kappa shape index (κ3) is 5.90. The zero-order valence-electron chi connectivity index (χ0n) is 22.4. The molecule has 5 atom stereocenters. The van der Waals surface area contributed by atoms with E-state index in [0.29, 0.717) is 17.0 Å². The predicted octanol–water partition coefficient (Wildman–Crippen LogP) is 8.22. The molecule has 0 saturated carbocycles. The molecular weight excluding hydrogens is 420 g/mol. The van der Waals surface area contributed by atoms with Gasteiger partial charge in [0.05, 0.1) is 0 Å². The van der Waals surface area contributed by atoms with E-state index in [-0.39, 0.29) is 11.6 Å². The summed E-state index contributed by atoms with van der Waals surface area (Å²) in [5.41, 5.74) is -1.17. The highest BCUT2D eigenvalue weighted by Gasteiger charge is 2.76. The van der Waals surface area contributed by atoms with Gasteiger partial charge in [-0.05, 0) is 43.1 Å². The highest BCUT2D eigenvalue weighted by atomic mass is 16.6. The molecule has 0 aromatic heterocycles. The molecule has 0 spiro atoms. The van der Waals surface area contributed by atoms with E-state index in [1.807, 2.05) is 12.1 Å². The first kappa shape index (κ1) is 26.9. The fourth-order valence-corrected chi connectivity index (χ4v) is 5.54. The molecule has 0 bridgehead atoms. The Kier molecular flexibility index (Phi) is 8.95. The number of epoxide rings is 1. The summed E-state index contributed by atoms with van der Waals surface area (Å²) in [7, 11) is 0. The summed E-state index contributed by atoms with van der Waals surface area (Å²) in [5, 5.41) is 0. The fourth-order valence-electron chi connectivity index (χ4n) is 5.54. The van der Waals surface area contributed by atoms with Crippen molar-refractivity contribution in [3.63, 3.8) is 0 Å². The van der Waals surface area contributed by atoms with Gasteiger partial charge in [-0.2, -0.15) is 0 Å². The molecule has 1 aliphatic carbocycles. The third-order valence-electron chi connectivity index (χ3n) is 8.11. The zero-order valence-corrected chi connectivity index (χ0v) is 22.4. The molecule has 0 amide bonds. The number of rotatable bonds is 14. The van der Waals surface area contributed by atoms with Crippen LogP contribution in [0.15, 0.2) is 36.4 Å². The number of ether oxygens (including phenoxy) is 1. The van der Waals surface area contributed by atoms with Crippen molar-refractivity contribution in [1.29, 1.82) is 0 Å². The molecule has 1 aliphatic heterocycles. The van der Waals surface area contributed by atoms with Gasteiger partial charge < -0.3 is 4.74 Å². The lowest BCUT2D eigenvalue weighted by molar-refractivity contribution is 0.0864. The Labute approximate surface area is 207 Å². The predicted molar refractivity (Wildman–Crippen MR) is 140 cm³/mol. The van der Waals surface area contributed by atoms with Crippen molar-refractivity contribution in [3.05, 3.63) is 47.5 Å². The number of allylic oxidation sites excluding steroid dienone is 1. The molecule has 1 aromatic rings. The molecule has 1 fully saturated rings. The van der Waals surface area contributed by atoms with Gasteiger partial charge in [-0.15, -0.1) is 0 Å². The van der Waals surface area contributed by atoms with E-state index in [4.69, 9.17) is 4.74 Å². The van der Waals surface area contributed by atoms with Gasteiger partial charge in [0.15, 0.2) is 17.0 Å². The smallest absolute Gasteiger partial charge is 0.202 e. The number of benzene rings is 1. The van der Waals surface area contributed by atoms with Crippen LogP contribution in [0.4, 0.5) is 0 Å². The maximum atomic E-state index is 13.2. The number of carbonyl (C=O) groups excluding carboxylic acids is 2. The van der Waals surface area contributed by atoms with Gasteiger partial charge in [0, 0.05) is 11.1 Å². The maximum Gasteiger partial charge on any atom is 0.202 e.